The second kappa shape index (κ2) is 4.93. The van der Waals surface area contributed by atoms with Crippen LogP contribution in [-0.4, -0.2) is 4.98 Å². The van der Waals surface area contributed by atoms with E-state index in [9.17, 15) is 4.39 Å². The summed E-state index contributed by atoms with van der Waals surface area (Å²) in [6.45, 7) is 0. The van der Waals surface area contributed by atoms with E-state index in [4.69, 9.17) is 5.26 Å². The average Bonchev–Trinajstić information content (AvgIpc) is 2.34. The molecule has 0 bridgehead atoms. The number of halogens is 2. The predicted molar refractivity (Wildman–Crippen MR) is 66.3 cm³/mol. The van der Waals surface area contributed by atoms with Crippen molar-refractivity contribution in [1.29, 1.82) is 5.26 Å². The maximum absolute atomic E-state index is 13.3. The molecule has 0 fully saturated rings. The highest BCUT2D eigenvalue weighted by molar-refractivity contribution is 9.10. The quantitative estimate of drug-likeness (QED) is 0.920. The Kier molecular flexibility index (Phi) is 3.35. The second-order valence-electron chi connectivity index (χ2n) is 3.27. The maximum atomic E-state index is 13.3. The molecule has 0 spiro atoms. The lowest BCUT2D eigenvalue weighted by Crippen LogP contribution is -1.96. The molecule has 1 aromatic heterocycles. The van der Waals surface area contributed by atoms with Gasteiger partial charge in [0.1, 0.15) is 17.7 Å². The summed E-state index contributed by atoms with van der Waals surface area (Å²) in [5.41, 5.74) is 0.955. The molecule has 0 atom stereocenters. The second-order valence-corrected chi connectivity index (χ2v) is 4.12. The van der Waals surface area contributed by atoms with Crippen molar-refractivity contribution < 1.29 is 4.39 Å². The number of nitrogens with one attached hydrogen (secondary N) is 1. The highest BCUT2D eigenvalue weighted by atomic mass is 79.9. The first kappa shape index (κ1) is 11.6. The summed E-state index contributed by atoms with van der Waals surface area (Å²) in [7, 11) is 0. The smallest absolute Gasteiger partial charge is 0.148 e. The van der Waals surface area contributed by atoms with Crippen LogP contribution in [0.25, 0.3) is 0 Å². The SMILES string of the molecule is N#Cc1cccnc1Nc1ccc(Br)c(F)c1. The number of benzene rings is 1. The molecule has 1 heterocycles. The van der Waals surface area contributed by atoms with Gasteiger partial charge in [0.05, 0.1) is 10.0 Å². The first-order valence-corrected chi connectivity index (χ1v) is 5.57. The van der Waals surface area contributed by atoms with E-state index in [0.29, 0.717) is 21.5 Å². The standard InChI is InChI=1S/C12H7BrFN3/c13-10-4-3-9(6-11(10)14)17-12-8(7-15)2-1-5-16-12/h1-6H,(H,16,17). The number of hydrogen-bond acceptors (Lipinski definition) is 3. The topological polar surface area (TPSA) is 48.7 Å². The van der Waals surface area contributed by atoms with E-state index >= 15 is 0 Å². The van der Waals surface area contributed by atoms with Gasteiger partial charge < -0.3 is 5.32 Å². The minimum atomic E-state index is -0.371. The molecule has 0 saturated carbocycles. The lowest BCUT2D eigenvalue weighted by atomic mass is 10.2. The van der Waals surface area contributed by atoms with Crippen LogP contribution in [0.1, 0.15) is 5.56 Å². The maximum Gasteiger partial charge on any atom is 0.148 e. The zero-order chi connectivity index (χ0) is 12.3. The molecule has 84 valence electrons. The summed E-state index contributed by atoms with van der Waals surface area (Å²) in [5.74, 6) is 0.0427. The zero-order valence-electron chi connectivity index (χ0n) is 8.61. The minimum Gasteiger partial charge on any atom is -0.339 e. The van der Waals surface area contributed by atoms with Gasteiger partial charge in [-0.3, -0.25) is 0 Å². The number of nitriles is 1. The van der Waals surface area contributed by atoms with Crippen LogP contribution in [0, 0.1) is 17.1 Å². The number of anilines is 2. The van der Waals surface area contributed by atoms with E-state index < -0.39 is 0 Å². The Morgan fingerprint density at radius 3 is 2.88 bits per heavy atom. The Bertz CT molecular complexity index is 593. The largest absolute Gasteiger partial charge is 0.339 e. The van der Waals surface area contributed by atoms with E-state index in [1.54, 1.807) is 30.5 Å². The van der Waals surface area contributed by atoms with Gasteiger partial charge in [-0.15, -0.1) is 0 Å². The van der Waals surface area contributed by atoms with Crippen molar-refractivity contribution in [2.75, 3.05) is 5.32 Å². The van der Waals surface area contributed by atoms with Crippen LogP contribution in [0.2, 0.25) is 0 Å². The summed E-state index contributed by atoms with van der Waals surface area (Å²) in [4.78, 5) is 4.03. The van der Waals surface area contributed by atoms with E-state index in [-0.39, 0.29) is 5.82 Å². The van der Waals surface area contributed by atoms with Crippen LogP contribution in [0.3, 0.4) is 0 Å². The van der Waals surface area contributed by atoms with Gasteiger partial charge in [-0.25, -0.2) is 9.37 Å². The molecule has 0 saturated heterocycles. The van der Waals surface area contributed by atoms with Gasteiger partial charge in [0.2, 0.25) is 0 Å². The predicted octanol–water partition coefficient (Wildman–Crippen LogP) is 3.60. The number of pyridine rings is 1. The molecule has 1 N–H and O–H groups in total. The van der Waals surface area contributed by atoms with Crippen molar-refractivity contribution in [2.24, 2.45) is 0 Å². The van der Waals surface area contributed by atoms with Gasteiger partial charge >= 0.3 is 0 Å². The third kappa shape index (κ3) is 2.60. The summed E-state index contributed by atoms with van der Waals surface area (Å²) < 4.78 is 13.7. The first-order valence-electron chi connectivity index (χ1n) is 4.78. The number of nitrogens with zero attached hydrogens (tertiary/aromatic N) is 2. The van der Waals surface area contributed by atoms with Crippen LogP contribution in [0.15, 0.2) is 41.0 Å². The molecule has 1 aromatic carbocycles. The molecule has 5 heteroatoms. The van der Waals surface area contributed by atoms with E-state index in [1.807, 2.05) is 6.07 Å². The van der Waals surface area contributed by atoms with Crippen molar-refractivity contribution >= 4 is 27.4 Å². The molecule has 0 aliphatic heterocycles. The fourth-order valence-corrected chi connectivity index (χ4v) is 1.55. The lowest BCUT2D eigenvalue weighted by molar-refractivity contribution is 0.622. The third-order valence-corrected chi connectivity index (χ3v) is 2.75. The van der Waals surface area contributed by atoms with Crippen LogP contribution in [-0.2, 0) is 0 Å². The van der Waals surface area contributed by atoms with Crippen molar-refractivity contribution in [1.82, 2.24) is 4.98 Å². The molecule has 0 aliphatic carbocycles. The van der Waals surface area contributed by atoms with Crippen molar-refractivity contribution in [2.45, 2.75) is 0 Å². The molecule has 0 unspecified atom stereocenters. The van der Waals surface area contributed by atoms with Crippen LogP contribution in [0.4, 0.5) is 15.9 Å². The zero-order valence-corrected chi connectivity index (χ0v) is 10.2. The van der Waals surface area contributed by atoms with Gasteiger partial charge in [-0.2, -0.15) is 5.26 Å². The molecule has 0 radical (unpaired) electrons. The Morgan fingerprint density at radius 2 is 2.18 bits per heavy atom. The summed E-state index contributed by atoms with van der Waals surface area (Å²) in [6.07, 6.45) is 1.57. The Balaban J connectivity index is 2.32. The molecule has 2 rings (SSSR count). The first-order chi connectivity index (χ1) is 8.20. The Hall–Kier alpha value is -1.93. The van der Waals surface area contributed by atoms with Gasteiger partial charge in [0.15, 0.2) is 0 Å². The van der Waals surface area contributed by atoms with E-state index in [2.05, 4.69) is 26.2 Å². The molecular weight excluding hydrogens is 285 g/mol. The monoisotopic (exact) mass is 291 g/mol. The third-order valence-electron chi connectivity index (χ3n) is 2.11. The molecule has 17 heavy (non-hydrogen) atoms. The summed E-state index contributed by atoms with van der Waals surface area (Å²) in [6, 6.07) is 9.95. The highest BCUT2D eigenvalue weighted by Crippen LogP contribution is 2.22. The van der Waals surface area contributed by atoms with Crippen LogP contribution < -0.4 is 5.32 Å². The normalized spacial score (nSPS) is 9.71. The van der Waals surface area contributed by atoms with Crippen molar-refractivity contribution in [3.05, 3.63) is 52.4 Å². The Labute approximate surface area is 106 Å². The van der Waals surface area contributed by atoms with E-state index in [1.165, 1.54) is 6.07 Å². The van der Waals surface area contributed by atoms with Gasteiger partial charge in [-0.1, -0.05) is 0 Å². The highest BCUT2D eigenvalue weighted by Gasteiger charge is 2.05. The van der Waals surface area contributed by atoms with E-state index in [0.717, 1.165) is 0 Å². The minimum absolute atomic E-state index is 0.371. The lowest BCUT2D eigenvalue weighted by Gasteiger charge is -2.07. The van der Waals surface area contributed by atoms with Crippen LogP contribution >= 0.6 is 15.9 Å². The Morgan fingerprint density at radius 1 is 1.35 bits per heavy atom. The summed E-state index contributed by atoms with van der Waals surface area (Å²) >= 11 is 3.07. The molecule has 2 aromatic rings. The van der Waals surface area contributed by atoms with Crippen LogP contribution in [0.5, 0.6) is 0 Å². The molecule has 3 nitrogen and oxygen atoms in total. The molecular formula is C12H7BrFN3. The fourth-order valence-electron chi connectivity index (χ4n) is 1.31. The molecule has 0 aliphatic rings. The average molecular weight is 292 g/mol. The summed E-state index contributed by atoms with van der Waals surface area (Å²) in [5, 5.41) is 11.8. The molecule has 0 amide bonds. The van der Waals surface area contributed by atoms with Gasteiger partial charge in [0.25, 0.3) is 0 Å². The number of hydrogen-bond donors (Lipinski definition) is 1. The van der Waals surface area contributed by atoms with Gasteiger partial charge in [-0.05, 0) is 46.3 Å². The fraction of sp³-hybridized carbons (Fsp3) is 0. The van der Waals surface area contributed by atoms with Crippen molar-refractivity contribution in [3.63, 3.8) is 0 Å². The number of aromatic nitrogens is 1. The van der Waals surface area contributed by atoms with Gasteiger partial charge in [0, 0.05) is 11.9 Å². The van der Waals surface area contributed by atoms with Crippen molar-refractivity contribution in [3.8, 4) is 6.07 Å². The number of rotatable bonds is 2.